The van der Waals surface area contributed by atoms with Gasteiger partial charge in [0.15, 0.2) is 9.84 Å². The Bertz CT molecular complexity index is 460. The highest BCUT2D eigenvalue weighted by Gasteiger charge is 2.57. The normalized spacial score (nSPS) is 29.1. The Hall–Kier alpha value is -0.820. The van der Waals surface area contributed by atoms with Crippen LogP contribution >= 0.6 is 0 Å². The van der Waals surface area contributed by atoms with Crippen LogP contribution in [0.2, 0.25) is 0 Å². The molecule has 1 atom stereocenters. The molecule has 1 unspecified atom stereocenters. The lowest BCUT2D eigenvalue weighted by Gasteiger charge is -2.49. The fourth-order valence-electron chi connectivity index (χ4n) is 2.55. The molecule has 2 rings (SSSR count). The van der Waals surface area contributed by atoms with Crippen LogP contribution in [0.5, 0.6) is 0 Å². The molecule has 104 valence electrons. The summed E-state index contributed by atoms with van der Waals surface area (Å²) in [5.74, 6) is 0.107. The molecular weight excluding hydrogens is 256 g/mol. The van der Waals surface area contributed by atoms with Crippen LogP contribution in [0, 0.1) is 5.41 Å². The molecule has 2 N–H and O–H groups in total. The zero-order valence-electron chi connectivity index (χ0n) is 11.0. The van der Waals surface area contributed by atoms with Crippen LogP contribution in [0.3, 0.4) is 0 Å². The van der Waals surface area contributed by atoms with E-state index < -0.39 is 26.9 Å². The van der Waals surface area contributed by atoms with Crippen molar-refractivity contribution in [1.82, 2.24) is 4.90 Å². The first-order chi connectivity index (χ1) is 8.03. The van der Waals surface area contributed by atoms with Crippen molar-refractivity contribution in [1.29, 1.82) is 0 Å². The smallest absolute Gasteiger partial charge is 0.410 e. The summed E-state index contributed by atoms with van der Waals surface area (Å²) in [5, 5.41) is 0. The summed E-state index contributed by atoms with van der Waals surface area (Å²) in [6.07, 6.45) is -0.398. The number of likely N-dealkylation sites (tertiary alicyclic amines) is 1. The summed E-state index contributed by atoms with van der Waals surface area (Å²) >= 11 is 0. The predicted octanol–water partition coefficient (Wildman–Crippen LogP) is -0.0208. The highest BCUT2D eigenvalue weighted by atomic mass is 32.2. The molecule has 1 amide bonds. The van der Waals surface area contributed by atoms with E-state index in [4.69, 9.17) is 10.5 Å². The van der Waals surface area contributed by atoms with Crippen molar-refractivity contribution in [2.75, 3.05) is 24.6 Å². The van der Waals surface area contributed by atoms with Gasteiger partial charge < -0.3 is 15.4 Å². The third kappa shape index (κ3) is 2.47. The highest BCUT2D eigenvalue weighted by molar-refractivity contribution is 7.91. The molecule has 2 aliphatic heterocycles. The fourth-order valence-corrected chi connectivity index (χ4v) is 4.84. The van der Waals surface area contributed by atoms with E-state index in [1.165, 1.54) is 4.90 Å². The number of amides is 1. The molecule has 2 aliphatic rings. The van der Waals surface area contributed by atoms with Crippen molar-refractivity contribution in [3.05, 3.63) is 0 Å². The molecule has 2 fully saturated rings. The highest BCUT2D eigenvalue weighted by Crippen LogP contribution is 2.40. The van der Waals surface area contributed by atoms with E-state index in [9.17, 15) is 13.2 Å². The van der Waals surface area contributed by atoms with Gasteiger partial charge in [0.1, 0.15) is 5.60 Å². The van der Waals surface area contributed by atoms with Gasteiger partial charge in [0.25, 0.3) is 0 Å². The summed E-state index contributed by atoms with van der Waals surface area (Å²) in [7, 11) is -3.05. The topological polar surface area (TPSA) is 89.7 Å². The Labute approximate surface area is 107 Å². The Morgan fingerprint density at radius 3 is 2.33 bits per heavy atom. The van der Waals surface area contributed by atoms with Gasteiger partial charge in [-0.2, -0.15) is 0 Å². The van der Waals surface area contributed by atoms with Gasteiger partial charge in [0, 0.05) is 24.5 Å². The summed E-state index contributed by atoms with van der Waals surface area (Å²) in [4.78, 5) is 13.3. The van der Waals surface area contributed by atoms with Gasteiger partial charge in [-0.25, -0.2) is 13.2 Å². The molecule has 7 heteroatoms. The van der Waals surface area contributed by atoms with Crippen molar-refractivity contribution in [2.45, 2.75) is 32.4 Å². The Morgan fingerprint density at radius 2 is 1.94 bits per heavy atom. The summed E-state index contributed by atoms with van der Waals surface area (Å²) in [5.41, 5.74) is 4.90. The first kappa shape index (κ1) is 13.6. The lowest BCUT2D eigenvalue weighted by atomic mass is 9.76. The number of carbonyl (C=O) groups is 1. The van der Waals surface area contributed by atoms with Gasteiger partial charge >= 0.3 is 6.09 Å². The predicted molar refractivity (Wildman–Crippen MR) is 66.9 cm³/mol. The number of hydrogen-bond acceptors (Lipinski definition) is 5. The Kier molecular flexibility index (Phi) is 2.90. The van der Waals surface area contributed by atoms with Crippen molar-refractivity contribution < 1.29 is 17.9 Å². The third-order valence-corrected chi connectivity index (χ3v) is 5.27. The molecule has 18 heavy (non-hydrogen) atoms. The Morgan fingerprint density at radius 1 is 1.39 bits per heavy atom. The van der Waals surface area contributed by atoms with Crippen LogP contribution in [-0.2, 0) is 14.6 Å². The average molecular weight is 276 g/mol. The number of hydrogen-bond donors (Lipinski definition) is 1. The van der Waals surface area contributed by atoms with Gasteiger partial charge in [-0.15, -0.1) is 0 Å². The number of sulfone groups is 1. The van der Waals surface area contributed by atoms with Gasteiger partial charge in [0.2, 0.25) is 0 Å². The van der Waals surface area contributed by atoms with E-state index in [1.54, 1.807) is 20.8 Å². The van der Waals surface area contributed by atoms with Gasteiger partial charge in [0.05, 0.1) is 11.5 Å². The van der Waals surface area contributed by atoms with E-state index in [1.807, 2.05) is 0 Å². The van der Waals surface area contributed by atoms with Crippen molar-refractivity contribution in [3.8, 4) is 0 Å². The van der Waals surface area contributed by atoms with Crippen molar-refractivity contribution >= 4 is 15.9 Å². The maximum atomic E-state index is 11.8. The molecule has 0 aromatic heterocycles. The molecule has 0 aromatic rings. The molecular formula is C11H20N2O4S. The zero-order valence-corrected chi connectivity index (χ0v) is 11.8. The molecule has 0 aromatic carbocycles. The molecule has 0 aliphatic carbocycles. The average Bonchev–Trinajstić information content (AvgIpc) is 2.29. The monoisotopic (exact) mass is 276 g/mol. The zero-order chi connectivity index (χ0) is 13.8. The van der Waals surface area contributed by atoms with Crippen LogP contribution in [0.15, 0.2) is 0 Å². The number of ether oxygens (including phenoxy) is 1. The number of rotatable bonds is 0. The molecule has 2 saturated heterocycles. The first-order valence-electron chi connectivity index (χ1n) is 5.97. The number of nitrogens with two attached hydrogens (primary N) is 1. The minimum absolute atomic E-state index is 0.0230. The molecule has 0 saturated carbocycles. The standard InChI is InChI=1S/C11H20N2O4S/c1-10(2,3)17-9(14)13-5-11(6-13)7-18(15,16)4-8(11)12/h8H,4-7,12H2,1-3H3. The van der Waals surface area contributed by atoms with E-state index in [0.29, 0.717) is 13.1 Å². The second-order valence-electron chi connectivity index (χ2n) is 6.36. The second kappa shape index (κ2) is 3.84. The van der Waals surface area contributed by atoms with E-state index >= 15 is 0 Å². The minimum atomic E-state index is -3.05. The summed E-state index contributed by atoms with van der Waals surface area (Å²) in [6, 6.07) is -0.374. The largest absolute Gasteiger partial charge is 0.444 e. The Balaban J connectivity index is 1.97. The SMILES string of the molecule is CC(C)(C)OC(=O)N1CC2(C1)CS(=O)(=O)CC2N. The van der Waals surface area contributed by atoms with Crippen LogP contribution in [0.1, 0.15) is 20.8 Å². The third-order valence-electron chi connectivity index (χ3n) is 3.39. The number of nitrogens with zero attached hydrogens (tertiary/aromatic N) is 1. The lowest BCUT2D eigenvalue weighted by Crippen LogP contribution is -2.65. The minimum Gasteiger partial charge on any atom is -0.444 e. The van der Waals surface area contributed by atoms with Crippen LogP contribution < -0.4 is 5.73 Å². The molecule has 0 bridgehead atoms. The van der Waals surface area contributed by atoms with E-state index in [2.05, 4.69) is 0 Å². The second-order valence-corrected chi connectivity index (χ2v) is 8.47. The quantitative estimate of drug-likeness (QED) is 0.671. The summed E-state index contributed by atoms with van der Waals surface area (Å²) < 4.78 is 28.3. The molecule has 0 radical (unpaired) electrons. The maximum Gasteiger partial charge on any atom is 0.410 e. The maximum absolute atomic E-state index is 11.8. The lowest BCUT2D eigenvalue weighted by molar-refractivity contribution is -0.0300. The number of carbonyl (C=O) groups excluding carboxylic acids is 1. The molecule has 2 heterocycles. The fraction of sp³-hybridized carbons (Fsp3) is 0.909. The van der Waals surface area contributed by atoms with Crippen LogP contribution in [0.4, 0.5) is 4.79 Å². The molecule has 1 spiro atoms. The first-order valence-corrected chi connectivity index (χ1v) is 7.79. The van der Waals surface area contributed by atoms with Crippen molar-refractivity contribution in [3.63, 3.8) is 0 Å². The van der Waals surface area contributed by atoms with Crippen molar-refractivity contribution in [2.24, 2.45) is 11.1 Å². The summed E-state index contributed by atoms with van der Waals surface area (Å²) in [6.45, 7) is 6.15. The van der Waals surface area contributed by atoms with E-state index in [-0.39, 0.29) is 17.5 Å². The van der Waals surface area contributed by atoms with Crippen LogP contribution in [-0.4, -0.2) is 55.6 Å². The van der Waals surface area contributed by atoms with E-state index in [0.717, 1.165) is 0 Å². The van der Waals surface area contributed by atoms with Gasteiger partial charge in [-0.05, 0) is 20.8 Å². The van der Waals surface area contributed by atoms with Gasteiger partial charge in [-0.3, -0.25) is 0 Å². The molecule has 6 nitrogen and oxygen atoms in total. The van der Waals surface area contributed by atoms with Crippen LogP contribution in [0.25, 0.3) is 0 Å². The van der Waals surface area contributed by atoms with Gasteiger partial charge in [-0.1, -0.05) is 0 Å².